The number of aryl methyl sites for hydroxylation is 2. The topological polar surface area (TPSA) is 76.5 Å². The zero-order valence-electron chi connectivity index (χ0n) is 23.4. The van der Waals surface area contributed by atoms with E-state index in [9.17, 15) is 9.59 Å². The van der Waals surface area contributed by atoms with Crippen molar-refractivity contribution in [2.75, 3.05) is 30.3 Å². The van der Waals surface area contributed by atoms with Gasteiger partial charge in [-0.25, -0.2) is 4.68 Å². The Hall–Kier alpha value is -3.88. The average Bonchev–Trinajstić information content (AvgIpc) is 3.62. The predicted molar refractivity (Wildman–Crippen MR) is 164 cm³/mol. The molecule has 0 aliphatic carbocycles. The molecule has 2 atom stereocenters. The molecule has 3 heterocycles. The van der Waals surface area contributed by atoms with Gasteiger partial charge in [-0.1, -0.05) is 72.8 Å². The molecule has 2 aliphatic rings. The molecule has 210 valence electrons. The van der Waals surface area contributed by atoms with Gasteiger partial charge in [0, 0.05) is 24.3 Å². The maximum absolute atomic E-state index is 13.9. The van der Waals surface area contributed by atoms with Gasteiger partial charge in [0.2, 0.25) is 11.8 Å². The number of carbonyl (C=O) groups is 2. The fraction of sp³-hybridized carbons (Fsp3) is 0.303. The molecule has 2 amide bonds. The second kappa shape index (κ2) is 11.9. The zero-order valence-corrected chi connectivity index (χ0v) is 24.2. The van der Waals surface area contributed by atoms with Crippen molar-refractivity contribution in [3.05, 3.63) is 101 Å². The summed E-state index contributed by atoms with van der Waals surface area (Å²) in [6.07, 6.45) is 1.96. The number of amides is 2. The first-order chi connectivity index (χ1) is 20.0. The van der Waals surface area contributed by atoms with Gasteiger partial charge in [0.15, 0.2) is 0 Å². The van der Waals surface area contributed by atoms with Crippen molar-refractivity contribution in [1.82, 2.24) is 15.1 Å². The fourth-order valence-corrected chi connectivity index (χ4v) is 6.95. The molecule has 3 aromatic carbocycles. The normalized spacial score (nSPS) is 18.7. The van der Waals surface area contributed by atoms with E-state index in [-0.39, 0.29) is 35.5 Å². The highest BCUT2D eigenvalue weighted by molar-refractivity contribution is 8.00. The highest BCUT2D eigenvalue weighted by atomic mass is 32.2. The van der Waals surface area contributed by atoms with Gasteiger partial charge in [-0.05, 0) is 49.4 Å². The first-order valence-electron chi connectivity index (χ1n) is 14.1. The van der Waals surface area contributed by atoms with E-state index in [1.54, 1.807) is 16.7 Å². The van der Waals surface area contributed by atoms with Crippen molar-refractivity contribution in [3.8, 4) is 16.9 Å². The summed E-state index contributed by atoms with van der Waals surface area (Å²) in [5, 5.41) is 8.06. The van der Waals surface area contributed by atoms with Gasteiger partial charge in [-0.15, -0.1) is 11.8 Å². The van der Waals surface area contributed by atoms with E-state index in [0.29, 0.717) is 12.4 Å². The smallest absolute Gasteiger partial charge is 0.240 e. The van der Waals surface area contributed by atoms with Gasteiger partial charge in [-0.3, -0.25) is 14.5 Å². The van der Waals surface area contributed by atoms with E-state index in [1.165, 1.54) is 0 Å². The number of benzene rings is 3. The van der Waals surface area contributed by atoms with E-state index in [2.05, 4.69) is 36.5 Å². The molecule has 6 rings (SSSR count). The number of hydrogen-bond acceptors (Lipinski definition) is 5. The Morgan fingerprint density at radius 1 is 1.00 bits per heavy atom. The number of fused-ring (bicyclic) bond motifs is 1. The summed E-state index contributed by atoms with van der Waals surface area (Å²) in [7, 11) is 0. The summed E-state index contributed by atoms with van der Waals surface area (Å²) < 4.78 is 7.57. The molecule has 41 heavy (non-hydrogen) atoms. The SMILES string of the molecule is Cc1ccccc1[C@H]1SCC(=O)N(CC(=O)NC[C@@H]2CCCO2)c2c1c(-c1ccccc1)nn2-c1ccccc1C. The van der Waals surface area contributed by atoms with Crippen molar-refractivity contribution >= 4 is 29.4 Å². The molecule has 1 N–H and O–H groups in total. The molecule has 0 saturated carbocycles. The highest BCUT2D eigenvalue weighted by Gasteiger charge is 2.38. The molecular formula is C33H34N4O3S. The standard InChI is InChI=1S/C33H34N4O3S/c1-22-11-6-8-16-26(22)32-30-31(24-13-4-3-5-14-24)35-37(27-17-9-7-12-23(27)2)33(30)36(29(39)21-41-32)20-28(38)34-19-25-15-10-18-40-25/h3-9,11-14,16-17,25,32H,10,15,18-21H2,1-2H3,(H,34,38)/t25-,32+/m0/s1. The lowest BCUT2D eigenvalue weighted by atomic mass is 9.96. The molecule has 0 radical (unpaired) electrons. The molecule has 0 bridgehead atoms. The molecule has 8 heteroatoms. The Labute approximate surface area is 244 Å². The minimum atomic E-state index is -0.210. The van der Waals surface area contributed by atoms with Crippen LogP contribution in [0.2, 0.25) is 0 Å². The lowest BCUT2D eigenvalue weighted by Crippen LogP contribution is -2.44. The number of carbonyl (C=O) groups excluding carboxylic acids is 2. The number of hydrogen-bond donors (Lipinski definition) is 1. The third-order valence-electron chi connectivity index (χ3n) is 7.80. The summed E-state index contributed by atoms with van der Waals surface area (Å²) in [4.78, 5) is 28.9. The Morgan fingerprint density at radius 2 is 1.73 bits per heavy atom. The van der Waals surface area contributed by atoms with Crippen molar-refractivity contribution in [1.29, 1.82) is 0 Å². The van der Waals surface area contributed by atoms with Crippen molar-refractivity contribution < 1.29 is 14.3 Å². The minimum Gasteiger partial charge on any atom is -0.376 e. The van der Waals surface area contributed by atoms with Crippen LogP contribution < -0.4 is 10.2 Å². The lowest BCUT2D eigenvalue weighted by Gasteiger charge is -2.24. The Kier molecular flexibility index (Phi) is 7.94. The first-order valence-corrected chi connectivity index (χ1v) is 15.2. The molecule has 0 spiro atoms. The number of rotatable bonds is 7. The highest BCUT2D eigenvalue weighted by Crippen LogP contribution is 2.49. The summed E-state index contributed by atoms with van der Waals surface area (Å²) in [6, 6.07) is 26.4. The Bertz CT molecular complexity index is 1560. The Balaban J connectivity index is 1.54. The quantitative estimate of drug-likeness (QED) is 0.314. The van der Waals surface area contributed by atoms with Crippen LogP contribution in [0.25, 0.3) is 16.9 Å². The number of ether oxygens (including phenoxy) is 1. The predicted octanol–water partition coefficient (Wildman–Crippen LogP) is 5.62. The van der Waals surface area contributed by atoms with E-state index >= 15 is 0 Å². The third-order valence-corrected chi connectivity index (χ3v) is 9.04. The lowest BCUT2D eigenvalue weighted by molar-refractivity contribution is -0.123. The van der Waals surface area contributed by atoms with Gasteiger partial charge in [0.25, 0.3) is 0 Å². The van der Waals surface area contributed by atoms with E-state index in [4.69, 9.17) is 9.84 Å². The van der Waals surface area contributed by atoms with Crippen LogP contribution >= 0.6 is 11.8 Å². The van der Waals surface area contributed by atoms with E-state index in [0.717, 1.165) is 58.6 Å². The van der Waals surface area contributed by atoms with Crippen LogP contribution in [0.4, 0.5) is 5.82 Å². The van der Waals surface area contributed by atoms with E-state index < -0.39 is 0 Å². The molecule has 4 aromatic rings. The zero-order chi connectivity index (χ0) is 28.3. The number of aromatic nitrogens is 2. The van der Waals surface area contributed by atoms with Crippen LogP contribution in [0.5, 0.6) is 0 Å². The number of anilines is 1. The number of thioether (sulfide) groups is 1. The number of nitrogens with zero attached hydrogens (tertiary/aromatic N) is 3. The molecular weight excluding hydrogens is 532 g/mol. The summed E-state index contributed by atoms with van der Waals surface area (Å²) >= 11 is 1.59. The van der Waals surface area contributed by atoms with Gasteiger partial charge in [0.1, 0.15) is 12.4 Å². The number of para-hydroxylation sites is 1. The van der Waals surface area contributed by atoms with Crippen molar-refractivity contribution in [3.63, 3.8) is 0 Å². The van der Waals surface area contributed by atoms with Crippen LogP contribution in [0.15, 0.2) is 78.9 Å². The molecule has 2 aliphatic heterocycles. The Morgan fingerprint density at radius 3 is 2.46 bits per heavy atom. The van der Waals surface area contributed by atoms with Crippen LogP contribution in [-0.4, -0.2) is 53.1 Å². The van der Waals surface area contributed by atoms with E-state index in [1.807, 2.05) is 66.2 Å². The summed E-state index contributed by atoms with van der Waals surface area (Å²) in [5.41, 5.74) is 6.90. The molecule has 1 aromatic heterocycles. The van der Waals surface area contributed by atoms with Gasteiger partial charge < -0.3 is 10.1 Å². The fourth-order valence-electron chi connectivity index (χ4n) is 5.66. The summed E-state index contributed by atoms with van der Waals surface area (Å²) in [6.45, 7) is 5.22. The maximum atomic E-state index is 13.9. The summed E-state index contributed by atoms with van der Waals surface area (Å²) in [5.74, 6) is 0.565. The molecule has 7 nitrogen and oxygen atoms in total. The largest absolute Gasteiger partial charge is 0.376 e. The second-order valence-electron chi connectivity index (χ2n) is 10.6. The van der Waals surface area contributed by atoms with Gasteiger partial charge in [0.05, 0.1) is 28.5 Å². The third kappa shape index (κ3) is 5.54. The van der Waals surface area contributed by atoms with Crippen molar-refractivity contribution in [2.24, 2.45) is 0 Å². The van der Waals surface area contributed by atoms with Crippen LogP contribution in [0.1, 0.15) is 40.3 Å². The van der Waals surface area contributed by atoms with Crippen LogP contribution in [0.3, 0.4) is 0 Å². The van der Waals surface area contributed by atoms with Gasteiger partial charge >= 0.3 is 0 Å². The maximum Gasteiger partial charge on any atom is 0.240 e. The monoisotopic (exact) mass is 566 g/mol. The molecule has 1 saturated heterocycles. The molecule has 0 unspecified atom stereocenters. The van der Waals surface area contributed by atoms with Crippen molar-refractivity contribution in [2.45, 2.75) is 38.0 Å². The molecule has 1 fully saturated rings. The second-order valence-corrected chi connectivity index (χ2v) is 11.7. The first kappa shape index (κ1) is 27.3. The number of nitrogens with one attached hydrogen (secondary N) is 1. The van der Waals surface area contributed by atoms with Crippen LogP contribution in [-0.2, 0) is 14.3 Å². The van der Waals surface area contributed by atoms with Gasteiger partial charge in [-0.2, -0.15) is 5.10 Å². The average molecular weight is 567 g/mol. The van der Waals surface area contributed by atoms with Crippen LogP contribution in [0, 0.1) is 13.8 Å². The minimum absolute atomic E-state index is 0.0255.